The van der Waals surface area contributed by atoms with E-state index in [1.165, 1.54) is 0 Å². The number of piperidine rings is 1. The van der Waals surface area contributed by atoms with E-state index in [1.807, 2.05) is 52.8 Å². The van der Waals surface area contributed by atoms with Crippen molar-refractivity contribution in [2.45, 2.75) is 12.8 Å². The van der Waals surface area contributed by atoms with Crippen LogP contribution in [-0.4, -0.2) is 29.8 Å². The zero-order valence-corrected chi connectivity index (χ0v) is 16.1. The van der Waals surface area contributed by atoms with Crippen LogP contribution in [0.25, 0.3) is 11.6 Å². The molecule has 0 saturated carbocycles. The zero-order chi connectivity index (χ0) is 17.8. The Morgan fingerprint density at radius 1 is 1.16 bits per heavy atom. The second kappa shape index (κ2) is 7.97. The van der Waals surface area contributed by atoms with Crippen LogP contribution >= 0.6 is 27.3 Å². The largest absolute Gasteiger partial charge is 0.369 e. The third-order valence-corrected chi connectivity index (χ3v) is 5.81. The number of benzene rings is 1. The van der Waals surface area contributed by atoms with E-state index in [0.29, 0.717) is 31.5 Å². The molecule has 3 rings (SSSR count). The summed E-state index contributed by atoms with van der Waals surface area (Å²) in [6, 6.07) is 11.8. The zero-order valence-electron chi connectivity index (χ0n) is 13.7. The highest BCUT2D eigenvalue weighted by Crippen LogP contribution is 2.27. The van der Waals surface area contributed by atoms with Gasteiger partial charge < -0.3 is 10.6 Å². The molecule has 2 N–H and O–H groups in total. The fourth-order valence-corrected chi connectivity index (χ4v) is 3.93. The quantitative estimate of drug-likeness (QED) is 0.767. The summed E-state index contributed by atoms with van der Waals surface area (Å²) >= 11 is 4.98. The summed E-state index contributed by atoms with van der Waals surface area (Å²) in [7, 11) is 0. The maximum Gasteiger partial charge on any atom is 0.255 e. The van der Waals surface area contributed by atoms with Crippen molar-refractivity contribution in [1.82, 2.24) is 4.90 Å². The Labute approximate surface area is 159 Å². The smallest absolute Gasteiger partial charge is 0.255 e. The summed E-state index contributed by atoms with van der Waals surface area (Å²) in [5, 5.41) is 1.97. The molecule has 0 radical (unpaired) electrons. The predicted molar refractivity (Wildman–Crippen MR) is 105 cm³/mol. The highest BCUT2D eigenvalue weighted by atomic mass is 79.9. The number of hydrogen-bond donors (Lipinski definition) is 1. The third kappa shape index (κ3) is 4.38. The average molecular weight is 419 g/mol. The van der Waals surface area contributed by atoms with Crippen molar-refractivity contribution in [1.29, 1.82) is 0 Å². The van der Waals surface area contributed by atoms with E-state index < -0.39 is 0 Å². The lowest BCUT2D eigenvalue weighted by molar-refractivity contribution is -0.130. The third-order valence-electron chi connectivity index (χ3n) is 4.38. The normalized spacial score (nSPS) is 16.0. The van der Waals surface area contributed by atoms with Crippen LogP contribution in [0.5, 0.6) is 0 Å². The van der Waals surface area contributed by atoms with Crippen LogP contribution in [0.2, 0.25) is 0 Å². The predicted octanol–water partition coefficient (Wildman–Crippen LogP) is 3.78. The Balaban J connectivity index is 1.84. The van der Waals surface area contributed by atoms with Gasteiger partial charge >= 0.3 is 0 Å². The number of carbonyl (C=O) groups excluding carboxylic acids is 2. The molecule has 0 spiro atoms. The van der Waals surface area contributed by atoms with Gasteiger partial charge in [-0.2, -0.15) is 0 Å². The van der Waals surface area contributed by atoms with Crippen LogP contribution in [0.1, 0.15) is 23.3 Å². The summed E-state index contributed by atoms with van der Waals surface area (Å²) in [5.41, 5.74) is 7.05. The second-order valence-electron chi connectivity index (χ2n) is 6.06. The van der Waals surface area contributed by atoms with Crippen molar-refractivity contribution in [3.05, 3.63) is 56.7 Å². The highest BCUT2D eigenvalue weighted by molar-refractivity contribution is 9.10. The van der Waals surface area contributed by atoms with Gasteiger partial charge in [-0.1, -0.05) is 34.1 Å². The monoisotopic (exact) mass is 418 g/mol. The van der Waals surface area contributed by atoms with Gasteiger partial charge in [0.1, 0.15) is 0 Å². The first kappa shape index (κ1) is 17.9. The molecule has 0 atom stereocenters. The summed E-state index contributed by atoms with van der Waals surface area (Å²) < 4.78 is 1.00. The maximum absolute atomic E-state index is 13.1. The fraction of sp³-hybridized carbons (Fsp3) is 0.263. The number of nitrogens with two attached hydrogens (primary N) is 1. The topological polar surface area (TPSA) is 63.4 Å². The first-order valence-corrected chi connectivity index (χ1v) is 9.81. The van der Waals surface area contributed by atoms with E-state index in [2.05, 4.69) is 15.9 Å². The number of halogens is 1. The van der Waals surface area contributed by atoms with Gasteiger partial charge in [-0.15, -0.1) is 11.3 Å². The minimum Gasteiger partial charge on any atom is -0.369 e. The Bertz CT molecular complexity index is 776. The molecule has 0 unspecified atom stereocenters. The number of amides is 2. The van der Waals surface area contributed by atoms with E-state index in [0.717, 1.165) is 14.9 Å². The molecule has 130 valence electrons. The molecule has 25 heavy (non-hydrogen) atoms. The maximum atomic E-state index is 13.1. The van der Waals surface area contributed by atoms with Crippen LogP contribution < -0.4 is 5.73 Å². The van der Waals surface area contributed by atoms with Crippen molar-refractivity contribution >= 4 is 50.7 Å². The lowest BCUT2D eigenvalue weighted by Gasteiger charge is -2.31. The Hall–Kier alpha value is -1.92. The van der Waals surface area contributed by atoms with Gasteiger partial charge in [0.15, 0.2) is 0 Å². The van der Waals surface area contributed by atoms with Crippen molar-refractivity contribution in [2.24, 2.45) is 11.7 Å². The Morgan fingerprint density at radius 3 is 2.40 bits per heavy atom. The van der Waals surface area contributed by atoms with Crippen molar-refractivity contribution in [3.63, 3.8) is 0 Å². The highest BCUT2D eigenvalue weighted by Gasteiger charge is 2.28. The van der Waals surface area contributed by atoms with E-state index in [1.54, 1.807) is 11.3 Å². The fourth-order valence-electron chi connectivity index (χ4n) is 2.93. The second-order valence-corrected chi connectivity index (χ2v) is 7.92. The van der Waals surface area contributed by atoms with E-state index in [-0.39, 0.29) is 17.7 Å². The Morgan fingerprint density at radius 2 is 1.84 bits per heavy atom. The molecular formula is C19H19BrN2O2S. The molecule has 2 heterocycles. The molecule has 1 aromatic heterocycles. The molecule has 0 aliphatic carbocycles. The molecule has 2 aromatic rings. The molecule has 0 bridgehead atoms. The van der Waals surface area contributed by atoms with Crippen LogP contribution in [0, 0.1) is 5.92 Å². The van der Waals surface area contributed by atoms with Crippen LogP contribution in [-0.2, 0) is 9.59 Å². The van der Waals surface area contributed by atoms with E-state index >= 15 is 0 Å². The van der Waals surface area contributed by atoms with Gasteiger partial charge in [0, 0.05) is 28.4 Å². The summed E-state index contributed by atoms with van der Waals surface area (Å²) in [6.07, 6.45) is 3.20. The summed E-state index contributed by atoms with van der Waals surface area (Å²) in [5.74, 6) is -0.381. The van der Waals surface area contributed by atoms with Gasteiger partial charge in [0.05, 0.1) is 5.57 Å². The molecule has 1 aromatic carbocycles. The lowest BCUT2D eigenvalue weighted by atomic mass is 9.95. The number of carbonyl (C=O) groups is 2. The van der Waals surface area contributed by atoms with Crippen LogP contribution in [0.3, 0.4) is 0 Å². The van der Waals surface area contributed by atoms with Crippen molar-refractivity contribution in [2.75, 3.05) is 13.1 Å². The van der Waals surface area contributed by atoms with Crippen LogP contribution in [0.4, 0.5) is 0 Å². The number of likely N-dealkylation sites (tertiary alicyclic amines) is 1. The first-order chi connectivity index (χ1) is 12.0. The minimum atomic E-state index is -0.268. The van der Waals surface area contributed by atoms with Crippen molar-refractivity contribution in [3.8, 4) is 0 Å². The van der Waals surface area contributed by atoms with Gasteiger partial charge in [-0.3, -0.25) is 9.59 Å². The van der Waals surface area contributed by atoms with Gasteiger partial charge in [-0.25, -0.2) is 0 Å². The van der Waals surface area contributed by atoms with Gasteiger partial charge in [0.2, 0.25) is 5.91 Å². The van der Waals surface area contributed by atoms with E-state index in [4.69, 9.17) is 5.73 Å². The molecule has 1 saturated heterocycles. The average Bonchev–Trinajstić information content (AvgIpc) is 3.15. The number of thiophene rings is 1. The van der Waals surface area contributed by atoms with E-state index in [9.17, 15) is 9.59 Å². The first-order valence-electron chi connectivity index (χ1n) is 8.14. The SMILES string of the molecule is NC(=O)C1CCN(C(=O)C(=Cc2ccc(Br)cc2)c2cccs2)CC1. The molecule has 1 aliphatic heterocycles. The minimum absolute atomic E-state index is 0.00768. The molecule has 4 nitrogen and oxygen atoms in total. The summed E-state index contributed by atoms with van der Waals surface area (Å²) in [4.78, 5) is 27.2. The van der Waals surface area contributed by atoms with Gasteiger partial charge in [0.25, 0.3) is 5.91 Å². The molecule has 6 heteroatoms. The number of rotatable bonds is 4. The standard InChI is InChI=1S/C19H19BrN2O2S/c20-15-5-3-13(4-6-15)12-16(17-2-1-11-25-17)19(24)22-9-7-14(8-10-22)18(21)23/h1-6,11-12,14H,7-10H2,(H2,21,23). The molecule has 2 amide bonds. The number of primary amides is 1. The van der Waals surface area contributed by atoms with Crippen molar-refractivity contribution < 1.29 is 9.59 Å². The molecule has 1 fully saturated rings. The molecular weight excluding hydrogens is 400 g/mol. The number of hydrogen-bond acceptors (Lipinski definition) is 3. The molecule has 1 aliphatic rings. The lowest BCUT2D eigenvalue weighted by Crippen LogP contribution is -2.42. The van der Waals surface area contributed by atoms with Gasteiger partial charge in [-0.05, 0) is 48.1 Å². The van der Waals surface area contributed by atoms with Crippen LogP contribution in [0.15, 0.2) is 46.3 Å². The summed E-state index contributed by atoms with van der Waals surface area (Å²) in [6.45, 7) is 1.13. The Kier molecular flexibility index (Phi) is 5.71. The number of nitrogens with zero attached hydrogens (tertiary/aromatic N) is 1.